The zero-order valence-electron chi connectivity index (χ0n) is 7.26. The molecule has 1 aliphatic carbocycles. The first-order chi connectivity index (χ1) is 6.25. The van der Waals surface area contributed by atoms with Gasteiger partial charge in [-0.2, -0.15) is 0 Å². The van der Waals surface area contributed by atoms with Gasteiger partial charge in [0, 0.05) is 6.20 Å². The fourth-order valence-corrected chi connectivity index (χ4v) is 2.17. The highest BCUT2D eigenvalue weighted by Crippen LogP contribution is 2.32. The number of rotatable bonds is 2. The lowest BCUT2D eigenvalue weighted by molar-refractivity contribution is 0.314. The van der Waals surface area contributed by atoms with Crippen LogP contribution in [0.5, 0.6) is 0 Å². The molecule has 1 aliphatic rings. The topological polar surface area (TPSA) is 12.9 Å². The average molecular weight is 261 g/mol. The highest BCUT2D eigenvalue weighted by atomic mass is 79.9. The van der Waals surface area contributed by atoms with Gasteiger partial charge in [0.05, 0.1) is 5.02 Å². The standard InChI is InChI=1S/C10H11BrClN/c11-10-5-8(9(12)6-13-10)4-7-2-1-3-7/h5-7H,1-4H2. The van der Waals surface area contributed by atoms with Crippen molar-refractivity contribution in [2.45, 2.75) is 25.7 Å². The van der Waals surface area contributed by atoms with Crippen LogP contribution in [0.15, 0.2) is 16.9 Å². The van der Waals surface area contributed by atoms with E-state index in [4.69, 9.17) is 11.6 Å². The summed E-state index contributed by atoms with van der Waals surface area (Å²) < 4.78 is 0.881. The van der Waals surface area contributed by atoms with Crippen molar-refractivity contribution < 1.29 is 0 Å². The van der Waals surface area contributed by atoms with Crippen LogP contribution in [0.1, 0.15) is 24.8 Å². The molecule has 0 aliphatic heterocycles. The minimum absolute atomic E-state index is 0.801. The van der Waals surface area contributed by atoms with Crippen molar-refractivity contribution in [3.63, 3.8) is 0 Å². The monoisotopic (exact) mass is 259 g/mol. The lowest BCUT2D eigenvalue weighted by atomic mass is 9.81. The van der Waals surface area contributed by atoms with Crippen LogP contribution in [-0.4, -0.2) is 4.98 Å². The predicted octanol–water partition coefficient (Wildman–Crippen LogP) is 3.84. The minimum Gasteiger partial charge on any atom is -0.248 e. The highest BCUT2D eigenvalue weighted by molar-refractivity contribution is 9.10. The summed E-state index contributed by atoms with van der Waals surface area (Å²) in [4.78, 5) is 4.08. The molecule has 1 heterocycles. The lowest BCUT2D eigenvalue weighted by Crippen LogP contribution is -2.13. The maximum absolute atomic E-state index is 6.04. The summed E-state index contributed by atoms with van der Waals surface area (Å²) in [6.45, 7) is 0. The van der Waals surface area contributed by atoms with Gasteiger partial charge in [0.2, 0.25) is 0 Å². The lowest BCUT2D eigenvalue weighted by Gasteiger charge is -2.25. The molecule has 0 bridgehead atoms. The van der Waals surface area contributed by atoms with Crippen LogP contribution in [-0.2, 0) is 6.42 Å². The number of hydrogen-bond donors (Lipinski definition) is 0. The average Bonchev–Trinajstić information content (AvgIpc) is 2.03. The molecular formula is C10H11BrClN. The van der Waals surface area contributed by atoms with Crippen LogP contribution < -0.4 is 0 Å². The van der Waals surface area contributed by atoms with Crippen molar-refractivity contribution in [3.05, 3.63) is 27.5 Å². The van der Waals surface area contributed by atoms with Gasteiger partial charge in [-0.25, -0.2) is 4.98 Å². The van der Waals surface area contributed by atoms with Crippen molar-refractivity contribution in [3.8, 4) is 0 Å². The Morgan fingerprint density at radius 2 is 2.31 bits per heavy atom. The smallest absolute Gasteiger partial charge is 0.106 e. The molecule has 1 nitrogen and oxygen atoms in total. The highest BCUT2D eigenvalue weighted by Gasteiger charge is 2.18. The Balaban J connectivity index is 2.13. The Hall–Kier alpha value is -0.0800. The Bertz CT molecular complexity index is 310. The van der Waals surface area contributed by atoms with Gasteiger partial charge in [-0.05, 0) is 39.9 Å². The third-order valence-electron chi connectivity index (χ3n) is 2.63. The summed E-state index contributed by atoms with van der Waals surface area (Å²) in [7, 11) is 0. The minimum atomic E-state index is 0.801. The van der Waals surface area contributed by atoms with Gasteiger partial charge in [-0.3, -0.25) is 0 Å². The van der Waals surface area contributed by atoms with E-state index < -0.39 is 0 Å². The van der Waals surface area contributed by atoms with Gasteiger partial charge < -0.3 is 0 Å². The molecule has 70 valence electrons. The zero-order chi connectivity index (χ0) is 9.26. The summed E-state index contributed by atoms with van der Waals surface area (Å²) in [5.41, 5.74) is 1.23. The first kappa shape index (κ1) is 9.47. The van der Waals surface area contributed by atoms with Crippen molar-refractivity contribution in [2.75, 3.05) is 0 Å². The van der Waals surface area contributed by atoms with E-state index in [0.29, 0.717) is 0 Å². The molecule has 1 aromatic rings. The number of aromatic nitrogens is 1. The van der Waals surface area contributed by atoms with Crippen LogP contribution in [0.2, 0.25) is 5.02 Å². The summed E-state index contributed by atoms with van der Waals surface area (Å²) >= 11 is 9.39. The third-order valence-corrected chi connectivity index (χ3v) is 3.41. The molecule has 0 atom stereocenters. The van der Waals surface area contributed by atoms with Gasteiger partial charge in [0.1, 0.15) is 4.60 Å². The van der Waals surface area contributed by atoms with Crippen molar-refractivity contribution in [1.82, 2.24) is 4.98 Å². The molecule has 3 heteroatoms. The number of hydrogen-bond acceptors (Lipinski definition) is 1. The number of halogens is 2. The third kappa shape index (κ3) is 2.23. The second-order valence-corrected chi connectivity index (χ2v) is 4.82. The van der Waals surface area contributed by atoms with Gasteiger partial charge >= 0.3 is 0 Å². The molecule has 13 heavy (non-hydrogen) atoms. The Kier molecular flexibility index (Phi) is 2.89. The molecular weight excluding hydrogens is 249 g/mol. The maximum atomic E-state index is 6.04. The van der Waals surface area contributed by atoms with Gasteiger partial charge in [-0.15, -0.1) is 0 Å². The molecule has 0 unspecified atom stereocenters. The fraction of sp³-hybridized carbons (Fsp3) is 0.500. The van der Waals surface area contributed by atoms with E-state index in [9.17, 15) is 0 Å². The van der Waals surface area contributed by atoms with E-state index in [-0.39, 0.29) is 0 Å². The SMILES string of the molecule is Clc1cnc(Br)cc1CC1CCC1. The van der Waals surface area contributed by atoms with E-state index in [1.165, 1.54) is 24.8 Å². The predicted molar refractivity (Wildman–Crippen MR) is 58.0 cm³/mol. The summed E-state index contributed by atoms with van der Waals surface area (Å²) in [5.74, 6) is 0.854. The molecule has 1 saturated carbocycles. The maximum Gasteiger partial charge on any atom is 0.106 e. The zero-order valence-corrected chi connectivity index (χ0v) is 9.61. The van der Waals surface area contributed by atoms with Gasteiger partial charge in [0.15, 0.2) is 0 Å². The van der Waals surface area contributed by atoms with E-state index in [2.05, 4.69) is 20.9 Å². The normalized spacial score (nSPS) is 17.1. The Labute approximate surface area is 91.6 Å². The Morgan fingerprint density at radius 1 is 1.54 bits per heavy atom. The first-order valence-corrected chi connectivity index (χ1v) is 5.73. The van der Waals surface area contributed by atoms with Crippen molar-refractivity contribution >= 4 is 27.5 Å². The molecule has 0 N–H and O–H groups in total. The van der Waals surface area contributed by atoms with E-state index >= 15 is 0 Å². The van der Waals surface area contributed by atoms with E-state index in [1.54, 1.807) is 6.20 Å². The molecule has 0 radical (unpaired) electrons. The molecule has 0 amide bonds. The summed E-state index contributed by atoms with van der Waals surface area (Å²) in [5, 5.41) is 0.801. The summed E-state index contributed by atoms with van der Waals surface area (Å²) in [6, 6.07) is 2.03. The quantitative estimate of drug-likeness (QED) is 0.736. The molecule has 1 aromatic heterocycles. The second kappa shape index (κ2) is 3.97. The largest absolute Gasteiger partial charge is 0.248 e. The van der Waals surface area contributed by atoms with Crippen molar-refractivity contribution in [1.29, 1.82) is 0 Å². The molecule has 2 rings (SSSR count). The first-order valence-electron chi connectivity index (χ1n) is 4.55. The van der Waals surface area contributed by atoms with E-state index in [1.807, 2.05) is 6.07 Å². The second-order valence-electron chi connectivity index (χ2n) is 3.60. The van der Waals surface area contributed by atoms with Gasteiger partial charge in [0.25, 0.3) is 0 Å². The number of nitrogens with zero attached hydrogens (tertiary/aromatic N) is 1. The number of pyridine rings is 1. The fourth-order valence-electron chi connectivity index (χ4n) is 1.62. The van der Waals surface area contributed by atoms with E-state index in [0.717, 1.165) is 22.0 Å². The molecule has 0 saturated heterocycles. The van der Waals surface area contributed by atoms with Crippen LogP contribution in [0.3, 0.4) is 0 Å². The Morgan fingerprint density at radius 3 is 2.92 bits per heavy atom. The van der Waals surface area contributed by atoms with Crippen LogP contribution >= 0.6 is 27.5 Å². The van der Waals surface area contributed by atoms with Crippen molar-refractivity contribution in [2.24, 2.45) is 5.92 Å². The van der Waals surface area contributed by atoms with Gasteiger partial charge in [-0.1, -0.05) is 30.9 Å². The molecule has 0 aromatic carbocycles. The molecule has 1 fully saturated rings. The summed E-state index contributed by atoms with van der Waals surface area (Å²) in [6.07, 6.45) is 6.93. The van der Waals surface area contributed by atoms with Crippen LogP contribution in [0, 0.1) is 5.92 Å². The van der Waals surface area contributed by atoms with Crippen LogP contribution in [0.25, 0.3) is 0 Å². The van der Waals surface area contributed by atoms with Crippen LogP contribution in [0.4, 0.5) is 0 Å². The molecule has 0 spiro atoms.